The Labute approximate surface area is 110 Å². The van der Waals surface area contributed by atoms with Gasteiger partial charge >= 0.3 is 0 Å². The monoisotopic (exact) mass is 309 g/mol. The minimum Gasteiger partial charge on any atom is -0.360 e. The van der Waals surface area contributed by atoms with E-state index in [-0.39, 0.29) is 0 Å². The lowest BCUT2D eigenvalue weighted by Gasteiger charge is -1.96. The zero-order chi connectivity index (χ0) is 11.7. The van der Waals surface area contributed by atoms with E-state index in [2.05, 4.69) is 37.5 Å². The SMILES string of the molecule is Brc1ccc2nc(NCc3ccno3)sc2c1. The van der Waals surface area contributed by atoms with E-state index in [1.165, 1.54) is 0 Å². The van der Waals surface area contributed by atoms with Gasteiger partial charge in [-0.2, -0.15) is 0 Å². The molecule has 0 atom stereocenters. The number of halogens is 1. The molecule has 0 saturated carbocycles. The highest BCUT2D eigenvalue weighted by molar-refractivity contribution is 9.10. The number of hydrogen-bond donors (Lipinski definition) is 1. The molecule has 4 nitrogen and oxygen atoms in total. The molecule has 0 aliphatic rings. The molecule has 3 aromatic rings. The van der Waals surface area contributed by atoms with Crippen molar-refractivity contribution in [1.29, 1.82) is 0 Å². The molecule has 0 unspecified atom stereocenters. The van der Waals surface area contributed by atoms with Crippen LogP contribution < -0.4 is 5.32 Å². The molecule has 6 heteroatoms. The fraction of sp³-hybridized carbons (Fsp3) is 0.0909. The van der Waals surface area contributed by atoms with Crippen LogP contribution in [0.15, 0.2) is 39.5 Å². The van der Waals surface area contributed by atoms with Crippen molar-refractivity contribution in [3.8, 4) is 0 Å². The van der Waals surface area contributed by atoms with Gasteiger partial charge in [-0.15, -0.1) is 0 Å². The van der Waals surface area contributed by atoms with E-state index in [4.69, 9.17) is 4.52 Å². The number of benzene rings is 1. The Morgan fingerprint density at radius 2 is 2.29 bits per heavy atom. The maximum atomic E-state index is 5.01. The minimum absolute atomic E-state index is 0.598. The van der Waals surface area contributed by atoms with Gasteiger partial charge in [0.15, 0.2) is 10.9 Å². The Morgan fingerprint density at radius 1 is 1.35 bits per heavy atom. The molecule has 2 aromatic heterocycles. The number of fused-ring (bicyclic) bond motifs is 1. The first-order valence-electron chi connectivity index (χ1n) is 5.01. The van der Waals surface area contributed by atoms with Crippen LogP contribution >= 0.6 is 27.3 Å². The summed E-state index contributed by atoms with van der Waals surface area (Å²) in [6, 6.07) is 7.88. The number of nitrogens with zero attached hydrogens (tertiary/aromatic N) is 2. The summed E-state index contributed by atoms with van der Waals surface area (Å²) in [5.41, 5.74) is 0.998. The first kappa shape index (κ1) is 10.7. The van der Waals surface area contributed by atoms with Crippen LogP contribution in [0.3, 0.4) is 0 Å². The van der Waals surface area contributed by atoms with E-state index in [0.717, 1.165) is 25.6 Å². The molecule has 3 rings (SSSR count). The van der Waals surface area contributed by atoms with E-state index in [0.29, 0.717) is 6.54 Å². The zero-order valence-corrected chi connectivity index (χ0v) is 11.1. The highest BCUT2D eigenvalue weighted by Crippen LogP contribution is 2.28. The predicted molar refractivity (Wildman–Crippen MR) is 71.1 cm³/mol. The number of aromatic nitrogens is 2. The standard InChI is InChI=1S/C11H8BrN3OS/c12-7-1-2-9-10(5-7)17-11(15-9)13-6-8-3-4-14-16-8/h1-5H,6H2,(H,13,15). The molecule has 0 saturated heterocycles. The van der Waals surface area contributed by atoms with Crippen LogP contribution in [0.1, 0.15) is 5.76 Å². The molecule has 1 aromatic carbocycles. The van der Waals surface area contributed by atoms with Gasteiger partial charge in [0.1, 0.15) is 0 Å². The molecule has 86 valence electrons. The van der Waals surface area contributed by atoms with Crippen molar-refractivity contribution in [1.82, 2.24) is 10.1 Å². The van der Waals surface area contributed by atoms with Gasteiger partial charge in [0.05, 0.1) is 23.0 Å². The number of hydrogen-bond acceptors (Lipinski definition) is 5. The molecule has 1 N–H and O–H groups in total. The van der Waals surface area contributed by atoms with Gasteiger partial charge in [-0.05, 0) is 18.2 Å². The average molecular weight is 310 g/mol. The first-order chi connectivity index (χ1) is 8.31. The van der Waals surface area contributed by atoms with Crippen molar-refractivity contribution in [3.05, 3.63) is 40.7 Å². The lowest BCUT2D eigenvalue weighted by molar-refractivity contribution is 0.388. The van der Waals surface area contributed by atoms with Crippen LogP contribution in [-0.4, -0.2) is 10.1 Å². The molecule has 0 amide bonds. The number of thiazole rings is 1. The van der Waals surface area contributed by atoms with Gasteiger partial charge < -0.3 is 9.84 Å². The molecule has 0 aliphatic carbocycles. The fourth-order valence-electron chi connectivity index (χ4n) is 1.47. The second-order valence-corrected chi connectivity index (χ2v) is 5.41. The van der Waals surface area contributed by atoms with E-state index in [9.17, 15) is 0 Å². The van der Waals surface area contributed by atoms with Gasteiger partial charge in [0.2, 0.25) is 0 Å². The van der Waals surface area contributed by atoms with E-state index >= 15 is 0 Å². The smallest absolute Gasteiger partial charge is 0.184 e. The summed E-state index contributed by atoms with van der Waals surface area (Å²) in [7, 11) is 0. The van der Waals surface area contributed by atoms with E-state index in [1.54, 1.807) is 17.5 Å². The second kappa shape index (κ2) is 4.46. The van der Waals surface area contributed by atoms with Gasteiger partial charge in [-0.1, -0.05) is 32.4 Å². The van der Waals surface area contributed by atoms with Crippen LogP contribution in [0.2, 0.25) is 0 Å². The van der Waals surface area contributed by atoms with Crippen LogP contribution in [0.4, 0.5) is 5.13 Å². The Hall–Kier alpha value is -1.40. The van der Waals surface area contributed by atoms with Crippen molar-refractivity contribution in [2.45, 2.75) is 6.54 Å². The summed E-state index contributed by atoms with van der Waals surface area (Å²) in [6.45, 7) is 0.598. The molecular weight excluding hydrogens is 302 g/mol. The maximum absolute atomic E-state index is 5.01. The van der Waals surface area contributed by atoms with E-state index in [1.807, 2.05) is 18.2 Å². The predicted octanol–water partition coefficient (Wildman–Crippen LogP) is 3.66. The normalized spacial score (nSPS) is 10.9. The number of anilines is 1. The van der Waals surface area contributed by atoms with E-state index < -0.39 is 0 Å². The summed E-state index contributed by atoms with van der Waals surface area (Å²) in [6.07, 6.45) is 1.63. The average Bonchev–Trinajstić information content (AvgIpc) is 2.94. The number of rotatable bonds is 3. The molecule has 0 radical (unpaired) electrons. The number of nitrogens with one attached hydrogen (secondary N) is 1. The minimum atomic E-state index is 0.598. The summed E-state index contributed by atoms with van der Waals surface area (Å²) in [4.78, 5) is 4.48. The van der Waals surface area contributed by atoms with Gasteiger partial charge in [-0.25, -0.2) is 4.98 Å². The fourth-order valence-corrected chi connectivity index (χ4v) is 2.88. The molecule has 0 bridgehead atoms. The Kier molecular flexibility index (Phi) is 2.82. The largest absolute Gasteiger partial charge is 0.360 e. The summed E-state index contributed by atoms with van der Waals surface area (Å²) < 4.78 is 7.22. The van der Waals surface area contributed by atoms with Crippen LogP contribution in [0.5, 0.6) is 0 Å². The van der Waals surface area contributed by atoms with Crippen molar-refractivity contribution in [2.75, 3.05) is 5.32 Å². The van der Waals surface area contributed by atoms with Crippen LogP contribution in [0, 0.1) is 0 Å². The maximum Gasteiger partial charge on any atom is 0.184 e. The van der Waals surface area contributed by atoms with Crippen molar-refractivity contribution in [3.63, 3.8) is 0 Å². The quantitative estimate of drug-likeness (QED) is 0.802. The molecular formula is C11H8BrN3OS. The van der Waals surface area contributed by atoms with Gasteiger partial charge in [0, 0.05) is 10.5 Å². The third-order valence-electron chi connectivity index (χ3n) is 2.26. The summed E-state index contributed by atoms with van der Waals surface area (Å²) in [5, 5.41) is 7.75. The summed E-state index contributed by atoms with van der Waals surface area (Å²) >= 11 is 5.07. The molecule has 0 fully saturated rings. The summed E-state index contributed by atoms with van der Waals surface area (Å²) in [5.74, 6) is 0.797. The zero-order valence-electron chi connectivity index (χ0n) is 8.68. The lowest BCUT2D eigenvalue weighted by Crippen LogP contribution is -1.96. The van der Waals surface area contributed by atoms with Crippen LogP contribution in [-0.2, 0) is 6.54 Å². The Morgan fingerprint density at radius 3 is 3.12 bits per heavy atom. The highest BCUT2D eigenvalue weighted by atomic mass is 79.9. The van der Waals surface area contributed by atoms with Crippen molar-refractivity contribution >= 4 is 42.6 Å². The topological polar surface area (TPSA) is 51.0 Å². The molecule has 2 heterocycles. The van der Waals surface area contributed by atoms with Gasteiger partial charge in [0.25, 0.3) is 0 Å². The lowest BCUT2D eigenvalue weighted by atomic mass is 10.3. The third kappa shape index (κ3) is 2.32. The van der Waals surface area contributed by atoms with Gasteiger partial charge in [-0.3, -0.25) is 0 Å². The van der Waals surface area contributed by atoms with Crippen molar-refractivity contribution in [2.24, 2.45) is 0 Å². The van der Waals surface area contributed by atoms with Crippen LogP contribution in [0.25, 0.3) is 10.2 Å². The molecule has 17 heavy (non-hydrogen) atoms. The molecule has 0 aliphatic heterocycles. The third-order valence-corrected chi connectivity index (χ3v) is 3.72. The van der Waals surface area contributed by atoms with Crippen molar-refractivity contribution < 1.29 is 4.52 Å². The Bertz CT molecular complexity index is 635. The highest BCUT2D eigenvalue weighted by Gasteiger charge is 2.04. The first-order valence-corrected chi connectivity index (χ1v) is 6.62. The molecule has 0 spiro atoms. The Balaban J connectivity index is 1.81. The second-order valence-electron chi connectivity index (χ2n) is 3.46.